The number of hydrogen-bond donors (Lipinski definition) is 1. The molecule has 1 aromatic rings. The maximum atomic E-state index is 9.29. The summed E-state index contributed by atoms with van der Waals surface area (Å²) in [5, 5.41) is 9.92. The van der Waals surface area contributed by atoms with Crippen molar-refractivity contribution in [2.24, 2.45) is 0 Å². The van der Waals surface area contributed by atoms with Gasteiger partial charge in [0.2, 0.25) is 0 Å². The molecule has 16 heavy (non-hydrogen) atoms. The van der Waals surface area contributed by atoms with Crippen LogP contribution in [0.4, 0.5) is 5.69 Å². The molecule has 0 heterocycles. The van der Waals surface area contributed by atoms with E-state index in [0.717, 1.165) is 24.2 Å². The second-order valence-electron chi connectivity index (χ2n) is 3.56. The van der Waals surface area contributed by atoms with Gasteiger partial charge in [-0.15, -0.1) is 6.42 Å². The first-order valence-corrected chi connectivity index (χ1v) is 5.68. The average Bonchev–Trinajstić information content (AvgIpc) is 2.28. The molecule has 0 fully saturated rings. The predicted octanol–water partition coefficient (Wildman–Crippen LogP) is 2.68. The van der Waals surface area contributed by atoms with Gasteiger partial charge in [0.1, 0.15) is 0 Å². The molecule has 0 amide bonds. The van der Waals surface area contributed by atoms with Gasteiger partial charge in [0.15, 0.2) is 0 Å². The third-order valence-electron chi connectivity index (χ3n) is 2.33. The first-order valence-electron chi connectivity index (χ1n) is 5.30. The van der Waals surface area contributed by atoms with Crippen LogP contribution in [0.5, 0.6) is 0 Å². The lowest BCUT2D eigenvalue weighted by Gasteiger charge is -2.24. The quantitative estimate of drug-likeness (QED) is 0.796. The van der Waals surface area contributed by atoms with E-state index in [4.69, 9.17) is 18.0 Å². The zero-order chi connectivity index (χ0) is 12.0. The van der Waals surface area contributed by atoms with E-state index >= 15 is 0 Å². The number of aliphatic hydroxyl groups is 1. The van der Waals surface area contributed by atoms with Crippen LogP contribution in [0, 0.1) is 12.3 Å². The highest BCUT2D eigenvalue weighted by Gasteiger charge is 2.09. The lowest BCUT2D eigenvalue weighted by molar-refractivity contribution is 0.282. The third-order valence-corrected chi connectivity index (χ3v) is 2.56. The van der Waals surface area contributed by atoms with Crippen LogP contribution in [0.15, 0.2) is 18.2 Å². The van der Waals surface area contributed by atoms with Gasteiger partial charge < -0.3 is 10.0 Å². The van der Waals surface area contributed by atoms with Crippen LogP contribution in [-0.2, 0) is 6.61 Å². The van der Waals surface area contributed by atoms with Gasteiger partial charge >= 0.3 is 0 Å². The van der Waals surface area contributed by atoms with E-state index in [0.29, 0.717) is 11.6 Å². The molecule has 0 aliphatic heterocycles. The van der Waals surface area contributed by atoms with Crippen LogP contribution in [0.25, 0.3) is 0 Å². The lowest BCUT2D eigenvalue weighted by Crippen LogP contribution is -2.25. The topological polar surface area (TPSA) is 23.5 Å². The van der Waals surface area contributed by atoms with Gasteiger partial charge in [-0.25, -0.2) is 0 Å². The highest BCUT2D eigenvalue weighted by Crippen LogP contribution is 2.24. The summed E-state index contributed by atoms with van der Waals surface area (Å²) in [5.41, 5.74) is 1.78. The fourth-order valence-corrected chi connectivity index (χ4v) is 1.85. The fourth-order valence-electron chi connectivity index (χ4n) is 1.65. The maximum absolute atomic E-state index is 9.29. The molecule has 3 heteroatoms. The summed E-state index contributed by atoms with van der Waals surface area (Å²) in [6, 6.07) is 5.49. The molecule has 0 saturated carbocycles. The maximum Gasteiger partial charge on any atom is 0.0791 e. The van der Waals surface area contributed by atoms with E-state index < -0.39 is 0 Å². The zero-order valence-electron chi connectivity index (χ0n) is 9.41. The largest absolute Gasteiger partial charge is 0.392 e. The Kier molecular flexibility index (Phi) is 5.18. The molecule has 0 saturated heterocycles. The second-order valence-corrected chi connectivity index (χ2v) is 3.99. The predicted molar refractivity (Wildman–Crippen MR) is 68.7 cm³/mol. The number of terminal acetylenes is 1. The van der Waals surface area contributed by atoms with Crippen molar-refractivity contribution in [2.45, 2.75) is 20.0 Å². The van der Waals surface area contributed by atoms with Crippen LogP contribution in [0.1, 0.15) is 18.9 Å². The number of nitrogens with zero attached hydrogens (tertiary/aromatic N) is 1. The Hall–Kier alpha value is -1.17. The average molecular weight is 238 g/mol. The van der Waals surface area contributed by atoms with Gasteiger partial charge in [0, 0.05) is 22.8 Å². The summed E-state index contributed by atoms with van der Waals surface area (Å²) in [7, 11) is 0. The molecule has 1 N–H and O–H groups in total. The molecule has 0 unspecified atom stereocenters. The Morgan fingerprint density at radius 3 is 2.81 bits per heavy atom. The van der Waals surface area contributed by atoms with E-state index in [9.17, 15) is 5.11 Å². The van der Waals surface area contributed by atoms with Gasteiger partial charge in [-0.3, -0.25) is 0 Å². The number of rotatable bonds is 5. The van der Waals surface area contributed by atoms with Crippen LogP contribution in [-0.4, -0.2) is 18.2 Å². The summed E-state index contributed by atoms with van der Waals surface area (Å²) in [5.74, 6) is 2.63. The number of benzene rings is 1. The second kappa shape index (κ2) is 6.42. The zero-order valence-corrected chi connectivity index (χ0v) is 10.2. The molecule has 0 atom stereocenters. The monoisotopic (exact) mass is 237 g/mol. The van der Waals surface area contributed by atoms with Crippen molar-refractivity contribution in [1.29, 1.82) is 0 Å². The molecule has 1 aromatic carbocycles. The number of anilines is 1. The van der Waals surface area contributed by atoms with Crippen molar-refractivity contribution in [3.63, 3.8) is 0 Å². The number of halogens is 1. The highest BCUT2D eigenvalue weighted by molar-refractivity contribution is 6.30. The van der Waals surface area contributed by atoms with Crippen molar-refractivity contribution in [1.82, 2.24) is 0 Å². The van der Waals surface area contributed by atoms with Gasteiger partial charge in [-0.05, 0) is 24.6 Å². The normalized spacial score (nSPS) is 9.88. The van der Waals surface area contributed by atoms with E-state index in [2.05, 4.69) is 17.7 Å². The van der Waals surface area contributed by atoms with Gasteiger partial charge in [0.05, 0.1) is 13.2 Å². The minimum Gasteiger partial charge on any atom is -0.392 e. The number of aliphatic hydroxyl groups excluding tert-OH is 1. The Bertz CT molecular complexity index is 384. The Morgan fingerprint density at radius 2 is 2.25 bits per heavy atom. The smallest absolute Gasteiger partial charge is 0.0791 e. The van der Waals surface area contributed by atoms with Crippen molar-refractivity contribution in [2.75, 3.05) is 18.0 Å². The molecule has 0 aromatic heterocycles. The summed E-state index contributed by atoms with van der Waals surface area (Å²) in [6.45, 7) is 3.49. The molecule has 2 nitrogen and oxygen atoms in total. The van der Waals surface area contributed by atoms with Crippen molar-refractivity contribution >= 4 is 17.3 Å². The standard InChI is InChI=1S/C13H16ClNO/c1-3-7-15(8-4-2)13-6-5-12(14)9-11(13)10-16/h1,5-6,9,16H,4,7-8,10H2,2H3. The third kappa shape index (κ3) is 3.16. The van der Waals surface area contributed by atoms with Crippen LogP contribution < -0.4 is 4.90 Å². The molecule has 0 aliphatic carbocycles. The molecule has 0 spiro atoms. The Labute approximate surface area is 102 Å². The molecule has 86 valence electrons. The first-order chi connectivity index (χ1) is 7.72. The molecule has 0 radical (unpaired) electrons. The van der Waals surface area contributed by atoms with Crippen molar-refractivity contribution in [3.8, 4) is 12.3 Å². The van der Waals surface area contributed by atoms with Crippen LogP contribution in [0.2, 0.25) is 5.02 Å². The van der Waals surface area contributed by atoms with E-state index in [1.165, 1.54) is 0 Å². The number of hydrogen-bond acceptors (Lipinski definition) is 2. The van der Waals surface area contributed by atoms with Crippen LogP contribution >= 0.6 is 11.6 Å². The molecular weight excluding hydrogens is 222 g/mol. The van der Waals surface area contributed by atoms with Crippen LogP contribution in [0.3, 0.4) is 0 Å². The van der Waals surface area contributed by atoms with Gasteiger partial charge in [0.25, 0.3) is 0 Å². The molecule has 0 bridgehead atoms. The van der Waals surface area contributed by atoms with E-state index in [1.54, 1.807) is 6.07 Å². The Balaban J connectivity index is 3.03. The molecule has 0 aliphatic rings. The van der Waals surface area contributed by atoms with E-state index in [-0.39, 0.29) is 6.61 Å². The SMILES string of the molecule is C#CCN(CCC)c1ccc(Cl)cc1CO. The van der Waals surface area contributed by atoms with Gasteiger partial charge in [-0.1, -0.05) is 24.4 Å². The van der Waals surface area contributed by atoms with E-state index in [1.807, 2.05) is 12.1 Å². The minimum absolute atomic E-state index is 0.0271. The molecule has 1 rings (SSSR count). The summed E-state index contributed by atoms with van der Waals surface area (Å²) in [4.78, 5) is 2.07. The summed E-state index contributed by atoms with van der Waals surface area (Å²) >= 11 is 5.88. The Morgan fingerprint density at radius 1 is 1.50 bits per heavy atom. The summed E-state index contributed by atoms with van der Waals surface area (Å²) < 4.78 is 0. The van der Waals surface area contributed by atoms with Gasteiger partial charge in [-0.2, -0.15) is 0 Å². The van der Waals surface area contributed by atoms with Crippen molar-refractivity contribution < 1.29 is 5.11 Å². The highest BCUT2D eigenvalue weighted by atomic mass is 35.5. The lowest BCUT2D eigenvalue weighted by atomic mass is 10.1. The molecular formula is C13H16ClNO. The minimum atomic E-state index is -0.0271. The van der Waals surface area contributed by atoms with Crippen molar-refractivity contribution in [3.05, 3.63) is 28.8 Å². The summed E-state index contributed by atoms with van der Waals surface area (Å²) in [6.07, 6.45) is 6.35. The fraction of sp³-hybridized carbons (Fsp3) is 0.385. The first kappa shape index (κ1) is 12.9.